The normalized spacial score (nSPS) is 10.8. The van der Waals surface area contributed by atoms with Crippen LogP contribution in [0.15, 0.2) is 30.3 Å². The van der Waals surface area contributed by atoms with E-state index in [4.69, 9.17) is 21.7 Å². The zero-order valence-corrected chi connectivity index (χ0v) is 18.9. The predicted molar refractivity (Wildman–Crippen MR) is 125 cm³/mol. The van der Waals surface area contributed by atoms with Gasteiger partial charge in [-0.2, -0.15) is 0 Å². The molecule has 0 spiro atoms. The Morgan fingerprint density at radius 3 is 1.54 bits per heavy atom. The van der Waals surface area contributed by atoms with Gasteiger partial charge in [0.2, 0.25) is 0 Å². The van der Waals surface area contributed by atoms with Crippen LogP contribution in [-0.4, -0.2) is 11.8 Å². The van der Waals surface area contributed by atoms with Crippen molar-refractivity contribution in [2.24, 2.45) is 0 Å². The number of unbranched alkanes of at least 4 members (excludes halogenated alkanes) is 15. The molecule has 2 nitrogen and oxygen atoms in total. The van der Waals surface area contributed by atoms with Gasteiger partial charge in [-0.3, -0.25) is 0 Å². The molecule has 160 valence electrons. The molecule has 0 aromatic heterocycles. The van der Waals surface area contributed by atoms with E-state index in [1.807, 2.05) is 30.3 Å². The van der Waals surface area contributed by atoms with Crippen LogP contribution in [0, 0.1) is 0 Å². The molecule has 0 saturated carbocycles. The number of hydrogen-bond donors (Lipinski definition) is 0. The largest absolute Gasteiger partial charge is 0.457 e. The van der Waals surface area contributed by atoms with E-state index < -0.39 is 0 Å². The molecule has 3 heteroatoms. The molecular weight excluding hydrogens is 364 g/mol. The van der Waals surface area contributed by atoms with Crippen molar-refractivity contribution in [3.63, 3.8) is 0 Å². The van der Waals surface area contributed by atoms with Crippen LogP contribution in [0.1, 0.15) is 110 Å². The molecule has 0 amide bonds. The Labute approximate surface area is 179 Å². The van der Waals surface area contributed by atoms with Crippen molar-refractivity contribution in [3.8, 4) is 5.75 Å². The Bertz CT molecular complexity index is 461. The minimum atomic E-state index is 0.229. The number of para-hydroxylation sites is 1. The smallest absolute Gasteiger partial charge is 0.357 e. The third-order valence-electron chi connectivity index (χ3n) is 5.16. The number of ether oxygens (including phenoxy) is 2. The van der Waals surface area contributed by atoms with E-state index in [-0.39, 0.29) is 5.24 Å². The van der Waals surface area contributed by atoms with Gasteiger partial charge in [0.05, 0.1) is 6.61 Å². The molecule has 0 bridgehead atoms. The van der Waals surface area contributed by atoms with E-state index in [2.05, 4.69) is 6.92 Å². The van der Waals surface area contributed by atoms with E-state index in [1.165, 1.54) is 96.3 Å². The summed E-state index contributed by atoms with van der Waals surface area (Å²) in [6, 6.07) is 9.56. The highest BCUT2D eigenvalue weighted by atomic mass is 32.1. The van der Waals surface area contributed by atoms with E-state index in [0.29, 0.717) is 6.61 Å². The van der Waals surface area contributed by atoms with Crippen molar-refractivity contribution in [1.29, 1.82) is 0 Å². The Hall–Kier alpha value is -1.09. The van der Waals surface area contributed by atoms with Gasteiger partial charge in [-0.15, -0.1) is 0 Å². The van der Waals surface area contributed by atoms with Crippen LogP contribution < -0.4 is 4.74 Å². The van der Waals surface area contributed by atoms with Crippen LogP contribution in [0.4, 0.5) is 0 Å². The van der Waals surface area contributed by atoms with Crippen LogP contribution in [-0.2, 0) is 4.74 Å². The summed E-state index contributed by atoms with van der Waals surface area (Å²) in [5, 5.41) is 0.229. The van der Waals surface area contributed by atoms with Crippen LogP contribution in [0.2, 0.25) is 0 Å². The molecule has 0 unspecified atom stereocenters. The van der Waals surface area contributed by atoms with Gasteiger partial charge in [-0.1, -0.05) is 121 Å². The molecule has 0 atom stereocenters. The maximum atomic E-state index is 5.47. The topological polar surface area (TPSA) is 18.5 Å². The summed E-state index contributed by atoms with van der Waals surface area (Å²) in [7, 11) is 0. The van der Waals surface area contributed by atoms with E-state index in [9.17, 15) is 0 Å². The van der Waals surface area contributed by atoms with Crippen LogP contribution in [0.5, 0.6) is 5.75 Å². The molecular formula is C25H42O2S. The Morgan fingerprint density at radius 1 is 0.643 bits per heavy atom. The first-order valence-electron chi connectivity index (χ1n) is 11.7. The monoisotopic (exact) mass is 406 g/mol. The fraction of sp³-hybridized carbons (Fsp3) is 0.720. The Kier molecular flexibility index (Phi) is 17.1. The zero-order chi connectivity index (χ0) is 20.1. The van der Waals surface area contributed by atoms with E-state index >= 15 is 0 Å². The Balaban J connectivity index is 1.74. The minimum absolute atomic E-state index is 0.229. The molecule has 0 aliphatic carbocycles. The van der Waals surface area contributed by atoms with Gasteiger partial charge in [0, 0.05) is 12.2 Å². The lowest BCUT2D eigenvalue weighted by molar-refractivity contribution is 0.240. The quantitative estimate of drug-likeness (QED) is 0.179. The standard InChI is InChI=1S/C25H42O2S/c1-2-3-4-5-6-7-8-9-10-11-12-13-14-15-16-20-23-26-25(28)27-24-21-18-17-19-22-24/h17-19,21-22H,2-16,20,23H2,1H3. The van der Waals surface area contributed by atoms with Gasteiger partial charge in [0.1, 0.15) is 5.75 Å². The second-order valence-corrected chi connectivity index (χ2v) is 8.15. The minimum Gasteiger partial charge on any atom is -0.457 e. The fourth-order valence-corrected chi connectivity index (χ4v) is 3.60. The van der Waals surface area contributed by atoms with Gasteiger partial charge in [0.25, 0.3) is 0 Å². The molecule has 0 aliphatic rings. The number of hydrogen-bond acceptors (Lipinski definition) is 3. The van der Waals surface area contributed by atoms with Gasteiger partial charge < -0.3 is 9.47 Å². The first-order chi connectivity index (χ1) is 13.8. The van der Waals surface area contributed by atoms with Crippen LogP contribution >= 0.6 is 12.2 Å². The molecule has 0 fully saturated rings. The molecule has 28 heavy (non-hydrogen) atoms. The lowest BCUT2D eigenvalue weighted by Crippen LogP contribution is -2.10. The molecule has 0 aliphatic heterocycles. The molecule has 0 N–H and O–H groups in total. The van der Waals surface area contributed by atoms with E-state index in [1.54, 1.807) is 0 Å². The van der Waals surface area contributed by atoms with Crippen molar-refractivity contribution in [2.45, 2.75) is 110 Å². The van der Waals surface area contributed by atoms with Crippen molar-refractivity contribution in [1.82, 2.24) is 0 Å². The van der Waals surface area contributed by atoms with Crippen LogP contribution in [0.25, 0.3) is 0 Å². The summed E-state index contributed by atoms with van der Waals surface area (Å²) in [6.45, 7) is 2.94. The molecule has 1 rings (SSSR count). The average Bonchev–Trinajstić information content (AvgIpc) is 2.71. The predicted octanol–water partition coefficient (Wildman–Crippen LogP) is 8.63. The molecule has 1 aromatic carbocycles. The second-order valence-electron chi connectivity index (χ2n) is 7.82. The maximum Gasteiger partial charge on any atom is 0.357 e. The first kappa shape index (κ1) is 24.9. The van der Waals surface area contributed by atoms with Gasteiger partial charge >= 0.3 is 5.24 Å². The summed E-state index contributed by atoms with van der Waals surface area (Å²) < 4.78 is 10.9. The number of rotatable bonds is 18. The summed E-state index contributed by atoms with van der Waals surface area (Å²) in [6.07, 6.45) is 22.0. The first-order valence-corrected chi connectivity index (χ1v) is 12.1. The fourth-order valence-electron chi connectivity index (χ4n) is 3.42. The van der Waals surface area contributed by atoms with Gasteiger partial charge in [-0.05, 0) is 18.6 Å². The SMILES string of the molecule is CCCCCCCCCCCCCCCCCCOC(=S)Oc1ccccc1. The summed E-state index contributed by atoms with van der Waals surface area (Å²) >= 11 is 5.10. The molecule has 1 aromatic rings. The highest BCUT2D eigenvalue weighted by Gasteiger charge is 2.00. The van der Waals surface area contributed by atoms with Crippen molar-refractivity contribution in [2.75, 3.05) is 6.61 Å². The van der Waals surface area contributed by atoms with Gasteiger partial charge in [-0.25, -0.2) is 0 Å². The highest BCUT2D eigenvalue weighted by molar-refractivity contribution is 7.79. The number of benzene rings is 1. The van der Waals surface area contributed by atoms with Crippen molar-refractivity contribution >= 4 is 17.5 Å². The molecule has 0 radical (unpaired) electrons. The lowest BCUT2D eigenvalue weighted by Gasteiger charge is -2.08. The van der Waals surface area contributed by atoms with Gasteiger partial charge in [0.15, 0.2) is 0 Å². The van der Waals surface area contributed by atoms with Crippen LogP contribution in [0.3, 0.4) is 0 Å². The third-order valence-corrected chi connectivity index (χ3v) is 5.36. The van der Waals surface area contributed by atoms with E-state index in [0.717, 1.165) is 12.2 Å². The van der Waals surface area contributed by atoms with Crippen molar-refractivity contribution in [3.05, 3.63) is 30.3 Å². The van der Waals surface area contributed by atoms with Crippen molar-refractivity contribution < 1.29 is 9.47 Å². The summed E-state index contributed by atoms with van der Waals surface area (Å²) in [5.74, 6) is 0.736. The lowest BCUT2D eigenvalue weighted by atomic mass is 10.0. The third kappa shape index (κ3) is 15.9. The molecule has 0 saturated heterocycles. The number of thiocarbonyl (C=S) groups is 1. The Morgan fingerprint density at radius 2 is 1.07 bits per heavy atom. The second kappa shape index (κ2) is 19.2. The average molecular weight is 407 g/mol. The zero-order valence-electron chi connectivity index (χ0n) is 18.1. The molecule has 0 heterocycles. The summed E-state index contributed by atoms with van der Waals surface area (Å²) in [5.41, 5.74) is 0. The summed E-state index contributed by atoms with van der Waals surface area (Å²) in [4.78, 5) is 0. The maximum absolute atomic E-state index is 5.47. The highest BCUT2D eigenvalue weighted by Crippen LogP contribution is 2.14.